The van der Waals surface area contributed by atoms with Crippen LogP contribution in [0.25, 0.3) is 0 Å². The van der Waals surface area contributed by atoms with Crippen molar-refractivity contribution in [3.8, 4) is 0 Å². The molecule has 2 fully saturated rings. The van der Waals surface area contributed by atoms with Crippen LogP contribution in [-0.2, 0) is 9.59 Å². The monoisotopic (exact) mass is 315 g/mol. The summed E-state index contributed by atoms with van der Waals surface area (Å²) in [4.78, 5) is 29.0. The van der Waals surface area contributed by atoms with Crippen molar-refractivity contribution in [3.63, 3.8) is 0 Å². The number of hydrogen-bond donors (Lipinski definition) is 1. The number of piperazine rings is 1. The molecule has 2 unspecified atom stereocenters. The molecule has 5 nitrogen and oxygen atoms in total. The Hall–Kier alpha value is -1.88. The summed E-state index contributed by atoms with van der Waals surface area (Å²) in [5.41, 5.74) is 1.12. The van der Waals surface area contributed by atoms with Crippen LogP contribution >= 0.6 is 0 Å². The first-order valence-electron chi connectivity index (χ1n) is 8.43. The van der Waals surface area contributed by atoms with Gasteiger partial charge in [-0.2, -0.15) is 0 Å². The summed E-state index contributed by atoms with van der Waals surface area (Å²) in [5, 5.41) is 3.30. The molecule has 124 valence electrons. The molecule has 2 heterocycles. The molecule has 2 saturated heterocycles. The van der Waals surface area contributed by atoms with Gasteiger partial charge in [0, 0.05) is 38.6 Å². The fourth-order valence-electron chi connectivity index (χ4n) is 3.59. The summed E-state index contributed by atoms with van der Waals surface area (Å²) in [7, 11) is 0. The minimum absolute atomic E-state index is 0.0157. The Balaban J connectivity index is 1.68. The molecule has 0 spiro atoms. The van der Waals surface area contributed by atoms with E-state index in [0.717, 1.165) is 25.2 Å². The van der Waals surface area contributed by atoms with Gasteiger partial charge in [-0.25, -0.2) is 0 Å². The zero-order valence-electron chi connectivity index (χ0n) is 13.9. The molecule has 1 aromatic rings. The van der Waals surface area contributed by atoms with E-state index in [1.54, 1.807) is 0 Å². The number of rotatable bonds is 3. The van der Waals surface area contributed by atoms with Gasteiger partial charge in [-0.05, 0) is 19.4 Å². The summed E-state index contributed by atoms with van der Waals surface area (Å²) in [6.45, 7) is 7.03. The predicted octanol–water partition coefficient (Wildman–Crippen LogP) is 1.42. The number of amides is 2. The second-order valence-electron chi connectivity index (χ2n) is 6.62. The second kappa shape index (κ2) is 6.71. The highest BCUT2D eigenvalue weighted by Crippen LogP contribution is 2.29. The molecule has 23 heavy (non-hydrogen) atoms. The predicted molar refractivity (Wildman–Crippen MR) is 88.7 cm³/mol. The Labute approximate surface area is 137 Å². The quantitative estimate of drug-likeness (QED) is 0.918. The van der Waals surface area contributed by atoms with Crippen LogP contribution in [0.1, 0.15) is 31.9 Å². The van der Waals surface area contributed by atoms with E-state index < -0.39 is 0 Å². The van der Waals surface area contributed by atoms with Crippen molar-refractivity contribution in [1.82, 2.24) is 15.1 Å². The summed E-state index contributed by atoms with van der Waals surface area (Å²) in [6, 6.07) is 10.2. The summed E-state index contributed by atoms with van der Waals surface area (Å²) in [5.74, 6) is 0.0202. The van der Waals surface area contributed by atoms with Gasteiger partial charge >= 0.3 is 0 Å². The van der Waals surface area contributed by atoms with E-state index in [2.05, 4.69) is 12.2 Å². The maximum atomic E-state index is 12.8. The number of nitrogens with one attached hydrogen (secondary N) is 1. The lowest BCUT2D eigenvalue weighted by atomic mass is 10.0. The number of hydrogen-bond acceptors (Lipinski definition) is 3. The summed E-state index contributed by atoms with van der Waals surface area (Å²) in [6.07, 6.45) is 0.340. The lowest BCUT2D eigenvalue weighted by Crippen LogP contribution is -2.54. The van der Waals surface area contributed by atoms with Crippen LogP contribution in [0.3, 0.4) is 0 Å². The van der Waals surface area contributed by atoms with Gasteiger partial charge in [0.25, 0.3) is 0 Å². The lowest BCUT2D eigenvalue weighted by molar-refractivity contribution is -0.138. The topological polar surface area (TPSA) is 52.7 Å². The van der Waals surface area contributed by atoms with Crippen molar-refractivity contribution < 1.29 is 9.59 Å². The van der Waals surface area contributed by atoms with E-state index in [-0.39, 0.29) is 29.8 Å². The van der Waals surface area contributed by atoms with Crippen LogP contribution in [0.4, 0.5) is 0 Å². The van der Waals surface area contributed by atoms with Crippen LogP contribution in [0, 0.1) is 5.92 Å². The maximum Gasteiger partial charge on any atom is 0.228 e. The third-order valence-corrected chi connectivity index (χ3v) is 5.04. The Morgan fingerprint density at radius 2 is 2.04 bits per heavy atom. The molecule has 2 aliphatic rings. The normalized spacial score (nSPS) is 26.4. The Kier molecular flexibility index (Phi) is 4.66. The van der Waals surface area contributed by atoms with Crippen molar-refractivity contribution in [2.75, 3.05) is 26.2 Å². The molecule has 2 amide bonds. The van der Waals surface area contributed by atoms with Gasteiger partial charge in [-0.15, -0.1) is 0 Å². The smallest absolute Gasteiger partial charge is 0.228 e. The molecule has 0 aromatic heterocycles. The van der Waals surface area contributed by atoms with Crippen molar-refractivity contribution in [2.45, 2.75) is 32.4 Å². The first kappa shape index (κ1) is 16.0. The van der Waals surface area contributed by atoms with E-state index in [9.17, 15) is 9.59 Å². The number of carbonyl (C=O) groups excluding carboxylic acids is 2. The zero-order chi connectivity index (χ0) is 16.4. The number of likely N-dealkylation sites (tertiary alicyclic amines) is 1. The van der Waals surface area contributed by atoms with Crippen molar-refractivity contribution >= 4 is 11.8 Å². The zero-order valence-corrected chi connectivity index (χ0v) is 13.9. The van der Waals surface area contributed by atoms with Gasteiger partial charge in [0.1, 0.15) is 0 Å². The van der Waals surface area contributed by atoms with Gasteiger partial charge in [-0.1, -0.05) is 30.3 Å². The van der Waals surface area contributed by atoms with Crippen LogP contribution in [0.15, 0.2) is 30.3 Å². The molecule has 0 radical (unpaired) electrons. The van der Waals surface area contributed by atoms with Gasteiger partial charge in [0.2, 0.25) is 11.8 Å². The summed E-state index contributed by atoms with van der Waals surface area (Å²) < 4.78 is 0. The molecule has 1 N–H and O–H groups in total. The molecule has 0 saturated carbocycles. The summed E-state index contributed by atoms with van der Waals surface area (Å²) >= 11 is 0. The molecule has 2 aliphatic heterocycles. The van der Waals surface area contributed by atoms with Gasteiger partial charge in [0.05, 0.1) is 12.0 Å². The van der Waals surface area contributed by atoms with Crippen LogP contribution in [0.5, 0.6) is 0 Å². The molecule has 1 aromatic carbocycles. The highest BCUT2D eigenvalue weighted by molar-refractivity contribution is 5.89. The molecule has 0 aliphatic carbocycles. The van der Waals surface area contributed by atoms with Crippen LogP contribution in [0.2, 0.25) is 0 Å². The molecular formula is C18H25N3O2. The van der Waals surface area contributed by atoms with Gasteiger partial charge in [0.15, 0.2) is 0 Å². The Bertz CT molecular complexity index is 575. The van der Waals surface area contributed by atoms with Gasteiger partial charge < -0.3 is 15.1 Å². The Morgan fingerprint density at radius 3 is 2.74 bits per heavy atom. The molecular weight excluding hydrogens is 290 g/mol. The van der Waals surface area contributed by atoms with Crippen LogP contribution < -0.4 is 5.32 Å². The number of nitrogens with zero attached hydrogens (tertiary/aromatic N) is 2. The minimum Gasteiger partial charge on any atom is -0.337 e. The Morgan fingerprint density at radius 1 is 1.30 bits per heavy atom. The first-order valence-corrected chi connectivity index (χ1v) is 8.43. The average molecular weight is 315 g/mol. The maximum absolute atomic E-state index is 12.8. The second-order valence-corrected chi connectivity index (χ2v) is 6.62. The fourth-order valence-corrected chi connectivity index (χ4v) is 3.59. The van der Waals surface area contributed by atoms with E-state index in [1.807, 2.05) is 47.1 Å². The largest absolute Gasteiger partial charge is 0.337 e. The van der Waals surface area contributed by atoms with E-state index in [0.29, 0.717) is 13.0 Å². The van der Waals surface area contributed by atoms with E-state index in [1.165, 1.54) is 0 Å². The number of carbonyl (C=O) groups is 2. The van der Waals surface area contributed by atoms with E-state index >= 15 is 0 Å². The van der Waals surface area contributed by atoms with E-state index in [4.69, 9.17) is 0 Å². The number of benzene rings is 1. The molecule has 3 atom stereocenters. The highest BCUT2D eigenvalue weighted by Gasteiger charge is 2.39. The van der Waals surface area contributed by atoms with Gasteiger partial charge in [-0.3, -0.25) is 9.59 Å². The third-order valence-electron chi connectivity index (χ3n) is 5.04. The third kappa shape index (κ3) is 3.24. The van der Waals surface area contributed by atoms with Crippen molar-refractivity contribution in [3.05, 3.63) is 35.9 Å². The first-order chi connectivity index (χ1) is 11.1. The minimum atomic E-state index is -0.200. The highest BCUT2D eigenvalue weighted by atomic mass is 16.2. The van der Waals surface area contributed by atoms with Crippen molar-refractivity contribution in [1.29, 1.82) is 0 Å². The molecule has 5 heteroatoms. The fraction of sp³-hybridized carbons (Fsp3) is 0.556. The van der Waals surface area contributed by atoms with Crippen molar-refractivity contribution in [2.24, 2.45) is 5.92 Å². The molecule has 0 bridgehead atoms. The SMILES string of the molecule is CC(c1ccccc1)N1CC(C(=O)N2CCNC[C@H]2C)CC1=O. The molecule has 3 rings (SSSR count). The standard InChI is InChI=1S/C18H25N3O2/c1-13-11-19-8-9-20(13)18(23)16-10-17(22)21(12-16)14(2)15-6-4-3-5-7-15/h3-7,13-14,16,19H,8-12H2,1-2H3/t13-,14?,16?/m1/s1. The van der Waals surface area contributed by atoms with Crippen LogP contribution in [-0.4, -0.2) is 53.8 Å². The lowest BCUT2D eigenvalue weighted by Gasteiger charge is -2.35. The average Bonchev–Trinajstić information content (AvgIpc) is 2.96.